The molecule has 1 aliphatic rings. The minimum absolute atomic E-state index is 0.0806. The number of aliphatic carboxylic acids is 1. The molecular formula is C13H24N2O4S. The third kappa shape index (κ3) is 4.56. The van der Waals surface area contributed by atoms with E-state index in [4.69, 9.17) is 4.74 Å². The molecule has 0 spiro atoms. The van der Waals surface area contributed by atoms with Crippen LogP contribution in [0.4, 0.5) is 4.79 Å². The number of carbonyl (C=O) groups excluding carboxylic acids is 1. The standard InChI is InChI=1S/C13H24N2O4S/c1-4-19-7-5-6-14-13(18)15-10(12(16)17)8-20-11(15)9(2)3/h9-11H,4-8H2,1-3H3,(H,14,18)(H,16,17). The number of ether oxygens (including phenoxy) is 1. The summed E-state index contributed by atoms with van der Waals surface area (Å²) in [6.07, 6.45) is 0.727. The van der Waals surface area contributed by atoms with Gasteiger partial charge in [0.15, 0.2) is 0 Å². The normalized spacial score (nSPS) is 22.3. The number of rotatable bonds is 7. The van der Waals surface area contributed by atoms with Crippen molar-refractivity contribution in [2.75, 3.05) is 25.5 Å². The molecule has 0 radical (unpaired) electrons. The zero-order valence-electron chi connectivity index (χ0n) is 12.3. The van der Waals surface area contributed by atoms with Gasteiger partial charge in [0.25, 0.3) is 0 Å². The second kappa shape index (κ2) is 8.36. The Balaban J connectivity index is 2.53. The molecule has 1 aliphatic heterocycles. The molecule has 2 unspecified atom stereocenters. The van der Waals surface area contributed by atoms with Crippen LogP contribution in [-0.2, 0) is 9.53 Å². The highest BCUT2D eigenvalue weighted by atomic mass is 32.2. The minimum atomic E-state index is -0.940. The number of hydrogen-bond acceptors (Lipinski definition) is 4. The number of nitrogens with zero attached hydrogens (tertiary/aromatic N) is 1. The predicted octanol–water partition coefficient (Wildman–Crippen LogP) is 1.61. The molecular weight excluding hydrogens is 280 g/mol. The summed E-state index contributed by atoms with van der Waals surface area (Å²) < 4.78 is 5.20. The molecule has 2 amide bonds. The van der Waals surface area contributed by atoms with Gasteiger partial charge in [-0.15, -0.1) is 11.8 Å². The molecule has 1 saturated heterocycles. The summed E-state index contributed by atoms with van der Waals surface area (Å²) in [5.74, 6) is -0.270. The van der Waals surface area contributed by atoms with Crippen molar-refractivity contribution in [1.29, 1.82) is 0 Å². The second-order valence-electron chi connectivity index (χ2n) is 5.01. The van der Waals surface area contributed by atoms with Gasteiger partial charge >= 0.3 is 12.0 Å². The fourth-order valence-corrected chi connectivity index (χ4v) is 3.56. The van der Waals surface area contributed by atoms with Crippen LogP contribution < -0.4 is 5.32 Å². The molecule has 1 rings (SSSR count). The monoisotopic (exact) mass is 304 g/mol. The minimum Gasteiger partial charge on any atom is -0.480 e. The van der Waals surface area contributed by atoms with Gasteiger partial charge in [-0.3, -0.25) is 4.90 Å². The van der Waals surface area contributed by atoms with Gasteiger partial charge in [0.2, 0.25) is 0 Å². The van der Waals surface area contributed by atoms with Gasteiger partial charge in [0, 0.05) is 25.5 Å². The number of carbonyl (C=O) groups is 2. The van der Waals surface area contributed by atoms with E-state index in [-0.39, 0.29) is 17.3 Å². The van der Waals surface area contributed by atoms with Gasteiger partial charge in [-0.05, 0) is 19.3 Å². The molecule has 2 N–H and O–H groups in total. The first-order valence-corrected chi connectivity index (χ1v) is 8.02. The number of carboxylic acid groups (broad SMARTS) is 1. The maximum atomic E-state index is 12.2. The van der Waals surface area contributed by atoms with E-state index < -0.39 is 12.0 Å². The molecule has 0 aromatic carbocycles. The van der Waals surface area contributed by atoms with E-state index in [1.165, 1.54) is 16.7 Å². The Kier molecular flexibility index (Phi) is 7.15. The molecule has 1 heterocycles. The average molecular weight is 304 g/mol. The van der Waals surface area contributed by atoms with Crippen molar-refractivity contribution in [2.45, 2.75) is 38.6 Å². The van der Waals surface area contributed by atoms with Gasteiger partial charge in [0.05, 0.1) is 5.37 Å². The van der Waals surface area contributed by atoms with E-state index in [0.29, 0.717) is 25.5 Å². The molecule has 6 nitrogen and oxygen atoms in total. The predicted molar refractivity (Wildman–Crippen MR) is 78.9 cm³/mol. The Morgan fingerprint density at radius 2 is 2.20 bits per heavy atom. The number of hydrogen-bond donors (Lipinski definition) is 2. The molecule has 1 fully saturated rings. The van der Waals surface area contributed by atoms with E-state index in [9.17, 15) is 14.7 Å². The Morgan fingerprint density at radius 3 is 2.75 bits per heavy atom. The summed E-state index contributed by atoms with van der Waals surface area (Å²) in [5, 5.41) is 11.9. The van der Waals surface area contributed by atoms with Crippen molar-refractivity contribution in [3.8, 4) is 0 Å². The molecule has 7 heteroatoms. The highest BCUT2D eigenvalue weighted by molar-refractivity contribution is 8.00. The van der Waals surface area contributed by atoms with E-state index in [1.54, 1.807) is 0 Å². The summed E-state index contributed by atoms with van der Waals surface area (Å²) in [6, 6.07) is -1.03. The molecule has 0 aromatic rings. The van der Waals surface area contributed by atoms with Crippen molar-refractivity contribution in [2.24, 2.45) is 5.92 Å². The van der Waals surface area contributed by atoms with Crippen molar-refractivity contribution in [1.82, 2.24) is 10.2 Å². The van der Waals surface area contributed by atoms with Crippen LogP contribution in [0.3, 0.4) is 0 Å². The van der Waals surface area contributed by atoms with Crippen molar-refractivity contribution in [3.63, 3.8) is 0 Å². The zero-order valence-corrected chi connectivity index (χ0v) is 13.1. The SMILES string of the molecule is CCOCCCNC(=O)N1C(C(=O)O)CSC1C(C)C. The van der Waals surface area contributed by atoms with E-state index >= 15 is 0 Å². The van der Waals surface area contributed by atoms with Crippen LogP contribution in [0.1, 0.15) is 27.2 Å². The Bertz CT molecular complexity index is 338. The second-order valence-corrected chi connectivity index (χ2v) is 6.16. The van der Waals surface area contributed by atoms with Crippen LogP contribution in [-0.4, -0.2) is 58.9 Å². The molecule has 20 heavy (non-hydrogen) atoms. The van der Waals surface area contributed by atoms with Crippen molar-refractivity contribution >= 4 is 23.8 Å². The van der Waals surface area contributed by atoms with E-state index in [0.717, 1.165) is 6.42 Å². The van der Waals surface area contributed by atoms with E-state index in [2.05, 4.69) is 5.32 Å². The van der Waals surface area contributed by atoms with Gasteiger partial charge < -0.3 is 15.2 Å². The highest BCUT2D eigenvalue weighted by Gasteiger charge is 2.42. The summed E-state index contributed by atoms with van der Waals surface area (Å²) in [4.78, 5) is 24.9. The largest absolute Gasteiger partial charge is 0.480 e. The van der Waals surface area contributed by atoms with E-state index in [1.807, 2.05) is 20.8 Å². The van der Waals surface area contributed by atoms with Crippen molar-refractivity contribution < 1.29 is 19.4 Å². The molecule has 0 bridgehead atoms. The van der Waals surface area contributed by atoms with Crippen LogP contribution in [0.15, 0.2) is 0 Å². The van der Waals surface area contributed by atoms with Gasteiger partial charge in [-0.1, -0.05) is 13.8 Å². The van der Waals surface area contributed by atoms with Gasteiger partial charge in [0.1, 0.15) is 6.04 Å². The summed E-state index contributed by atoms with van der Waals surface area (Å²) in [5.41, 5.74) is 0. The lowest BCUT2D eigenvalue weighted by Gasteiger charge is -2.29. The first kappa shape index (κ1) is 17.1. The van der Waals surface area contributed by atoms with Crippen LogP contribution >= 0.6 is 11.8 Å². The Morgan fingerprint density at radius 1 is 1.50 bits per heavy atom. The zero-order chi connectivity index (χ0) is 15.1. The first-order valence-electron chi connectivity index (χ1n) is 6.97. The van der Waals surface area contributed by atoms with Crippen LogP contribution in [0.25, 0.3) is 0 Å². The number of thioether (sulfide) groups is 1. The van der Waals surface area contributed by atoms with Crippen LogP contribution in [0.5, 0.6) is 0 Å². The van der Waals surface area contributed by atoms with Gasteiger partial charge in [-0.2, -0.15) is 0 Å². The third-order valence-electron chi connectivity index (χ3n) is 3.07. The van der Waals surface area contributed by atoms with Crippen LogP contribution in [0, 0.1) is 5.92 Å². The Labute approximate surface area is 124 Å². The first-order chi connectivity index (χ1) is 9.49. The summed E-state index contributed by atoms with van der Waals surface area (Å²) in [6.45, 7) is 7.67. The highest BCUT2D eigenvalue weighted by Crippen LogP contribution is 2.33. The average Bonchev–Trinajstić information content (AvgIpc) is 2.83. The smallest absolute Gasteiger partial charge is 0.327 e. The fraction of sp³-hybridized carbons (Fsp3) is 0.846. The molecule has 0 saturated carbocycles. The molecule has 2 atom stereocenters. The lowest BCUT2D eigenvalue weighted by molar-refractivity contribution is -0.141. The lowest BCUT2D eigenvalue weighted by Crippen LogP contribution is -2.51. The van der Waals surface area contributed by atoms with Crippen molar-refractivity contribution in [3.05, 3.63) is 0 Å². The summed E-state index contributed by atoms with van der Waals surface area (Å²) in [7, 11) is 0. The quantitative estimate of drug-likeness (QED) is 0.699. The molecule has 116 valence electrons. The van der Waals surface area contributed by atoms with Crippen LogP contribution in [0.2, 0.25) is 0 Å². The number of urea groups is 1. The number of nitrogens with one attached hydrogen (secondary N) is 1. The maximum Gasteiger partial charge on any atom is 0.327 e. The number of carboxylic acids is 1. The lowest BCUT2D eigenvalue weighted by atomic mass is 10.2. The maximum absolute atomic E-state index is 12.2. The summed E-state index contributed by atoms with van der Waals surface area (Å²) >= 11 is 1.53. The molecule has 0 aliphatic carbocycles. The fourth-order valence-electron chi connectivity index (χ4n) is 2.09. The third-order valence-corrected chi connectivity index (χ3v) is 4.69. The van der Waals surface area contributed by atoms with Gasteiger partial charge in [-0.25, -0.2) is 9.59 Å². The molecule has 0 aromatic heterocycles. The Hall–Kier alpha value is -0.950. The number of amides is 2. The topological polar surface area (TPSA) is 78.9 Å².